The fourth-order valence-corrected chi connectivity index (χ4v) is 4.74. The van der Waals surface area contributed by atoms with Crippen LogP contribution in [0.15, 0.2) is 36.4 Å². The van der Waals surface area contributed by atoms with Gasteiger partial charge < -0.3 is 14.7 Å². The zero-order chi connectivity index (χ0) is 22.9. The average Bonchev–Trinajstić information content (AvgIpc) is 3.05. The Morgan fingerprint density at radius 3 is 2.34 bits per heavy atom. The molecule has 2 aliphatic rings. The fourth-order valence-electron chi connectivity index (χ4n) is 4.40. The zero-order valence-electron chi connectivity index (χ0n) is 18.1. The van der Waals surface area contributed by atoms with Crippen LogP contribution in [0, 0.1) is 0 Å². The predicted octanol–water partition coefficient (Wildman–Crippen LogP) is 4.69. The third-order valence-corrected chi connectivity index (χ3v) is 6.58. The van der Waals surface area contributed by atoms with Crippen LogP contribution < -0.4 is 0 Å². The molecule has 0 bridgehead atoms. The molecule has 2 aromatic carbocycles. The summed E-state index contributed by atoms with van der Waals surface area (Å²) in [6, 6.07) is 8.87. The maximum atomic E-state index is 12.9. The lowest BCUT2D eigenvalue weighted by Gasteiger charge is -2.32. The number of fused-ring (bicyclic) bond motifs is 1. The Bertz CT molecular complexity index is 970. The summed E-state index contributed by atoms with van der Waals surface area (Å²) in [5.41, 5.74) is 2.49. The smallest absolute Gasteiger partial charge is 0.330 e. The number of amides is 1. The van der Waals surface area contributed by atoms with Crippen LogP contribution in [-0.2, 0) is 25.7 Å². The molecular formula is C24H27ClF3N3O. The summed E-state index contributed by atoms with van der Waals surface area (Å²) in [6.45, 7) is 6.09. The van der Waals surface area contributed by atoms with Gasteiger partial charge in [0, 0.05) is 39.3 Å². The molecule has 2 heterocycles. The first-order valence-corrected chi connectivity index (χ1v) is 11.3. The number of likely N-dealkylation sites (N-methyl/N-ethyl adjacent to an activating group) is 1. The number of nitrogens with zero attached hydrogens (tertiary/aromatic N) is 3. The lowest BCUT2D eigenvalue weighted by Crippen LogP contribution is -2.44. The van der Waals surface area contributed by atoms with E-state index in [1.165, 1.54) is 12.1 Å². The highest BCUT2D eigenvalue weighted by Gasteiger charge is 2.32. The Hall–Kier alpha value is -2.09. The van der Waals surface area contributed by atoms with Crippen molar-refractivity contribution in [2.75, 3.05) is 39.8 Å². The normalized spacial score (nSPS) is 17.8. The van der Waals surface area contributed by atoms with Gasteiger partial charge in [0.2, 0.25) is 0 Å². The van der Waals surface area contributed by atoms with Gasteiger partial charge in [0.1, 0.15) is 0 Å². The van der Waals surface area contributed by atoms with Crippen LogP contribution in [0.25, 0.3) is 0 Å². The highest BCUT2D eigenvalue weighted by atomic mass is 35.5. The Morgan fingerprint density at radius 2 is 1.69 bits per heavy atom. The number of benzene rings is 2. The van der Waals surface area contributed by atoms with Gasteiger partial charge in [-0.1, -0.05) is 29.8 Å². The lowest BCUT2D eigenvalue weighted by atomic mass is 10.0. The van der Waals surface area contributed by atoms with Crippen LogP contribution in [0.1, 0.15) is 39.0 Å². The second-order valence-electron chi connectivity index (χ2n) is 8.72. The summed E-state index contributed by atoms with van der Waals surface area (Å²) in [4.78, 5) is 19.3. The highest BCUT2D eigenvalue weighted by Crippen LogP contribution is 2.33. The molecule has 172 valence electrons. The van der Waals surface area contributed by atoms with Gasteiger partial charge in [0.05, 0.1) is 16.1 Å². The molecule has 0 radical (unpaired) electrons. The standard InChI is InChI=1S/C24H27ClF3N3O/c1-29-9-11-30(12-10-29)8-2-3-18-13-19-16-31(23(32)22(19)21(25)14-18)15-17-4-6-20(7-5-17)24(26,27)28/h4-7,13-14H,2-3,8-12,15-16H2,1H3. The minimum absolute atomic E-state index is 0.172. The number of rotatable bonds is 6. The second-order valence-corrected chi connectivity index (χ2v) is 9.12. The first-order chi connectivity index (χ1) is 15.2. The summed E-state index contributed by atoms with van der Waals surface area (Å²) in [5, 5.41) is 0.456. The van der Waals surface area contributed by atoms with E-state index in [1.807, 2.05) is 6.07 Å². The highest BCUT2D eigenvalue weighted by molar-refractivity contribution is 6.34. The van der Waals surface area contributed by atoms with Crippen LogP contribution in [0.4, 0.5) is 13.2 Å². The van der Waals surface area contributed by atoms with E-state index in [-0.39, 0.29) is 12.5 Å². The topological polar surface area (TPSA) is 26.8 Å². The van der Waals surface area contributed by atoms with Crippen LogP contribution >= 0.6 is 11.6 Å². The van der Waals surface area contributed by atoms with Gasteiger partial charge in [-0.2, -0.15) is 13.2 Å². The monoisotopic (exact) mass is 465 g/mol. The molecule has 4 nitrogen and oxygen atoms in total. The number of alkyl halides is 3. The number of halogens is 4. The number of piperazine rings is 1. The second kappa shape index (κ2) is 9.41. The molecule has 2 aliphatic heterocycles. The summed E-state index contributed by atoms with van der Waals surface area (Å²) in [6.07, 6.45) is -2.44. The first kappa shape index (κ1) is 23.1. The van der Waals surface area contributed by atoms with Crippen LogP contribution in [-0.4, -0.2) is 60.4 Å². The molecule has 1 amide bonds. The van der Waals surface area contributed by atoms with Crippen molar-refractivity contribution in [1.29, 1.82) is 0 Å². The molecule has 0 saturated carbocycles. The van der Waals surface area contributed by atoms with Crippen molar-refractivity contribution in [3.63, 3.8) is 0 Å². The number of aryl methyl sites for hydroxylation is 1. The molecule has 0 aromatic heterocycles. The molecule has 0 unspecified atom stereocenters. The number of hydrogen-bond acceptors (Lipinski definition) is 3. The summed E-state index contributed by atoms with van der Waals surface area (Å²) in [7, 11) is 2.14. The number of carbonyl (C=O) groups is 1. The summed E-state index contributed by atoms with van der Waals surface area (Å²) < 4.78 is 38.3. The van der Waals surface area contributed by atoms with Crippen molar-refractivity contribution in [2.24, 2.45) is 0 Å². The van der Waals surface area contributed by atoms with E-state index in [2.05, 4.69) is 22.9 Å². The van der Waals surface area contributed by atoms with Crippen molar-refractivity contribution in [2.45, 2.75) is 32.1 Å². The van der Waals surface area contributed by atoms with E-state index in [1.54, 1.807) is 4.90 Å². The van der Waals surface area contributed by atoms with E-state index in [0.717, 1.165) is 68.8 Å². The largest absolute Gasteiger partial charge is 0.416 e. The maximum absolute atomic E-state index is 12.9. The third-order valence-electron chi connectivity index (χ3n) is 6.28. The third kappa shape index (κ3) is 5.27. The van der Waals surface area contributed by atoms with Crippen LogP contribution in [0.5, 0.6) is 0 Å². The van der Waals surface area contributed by atoms with Gasteiger partial charge in [0.25, 0.3) is 5.91 Å². The molecule has 2 aromatic rings. The Morgan fingerprint density at radius 1 is 1.00 bits per heavy atom. The zero-order valence-corrected chi connectivity index (χ0v) is 18.8. The van der Waals surface area contributed by atoms with Gasteiger partial charge in [-0.3, -0.25) is 4.79 Å². The lowest BCUT2D eigenvalue weighted by molar-refractivity contribution is -0.137. The van der Waals surface area contributed by atoms with Crippen molar-refractivity contribution >= 4 is 17.5 Å². The van der Waals surface area contributed by atoms with E-state index >= 15 is 0 Å². The molecule has 0 N–H and O–H groups in total. The van der Waals surface area contributed by atoms with Crippen molar-refractivity contribution in [3.8, 4) is 0 Å². The minimum Gasteiger partial charge on any atom is -0.330 e. The SMILES string of the molecule is CN1CCN(CCCc2cc(Cl)c3c(c2)CN(Cc2ccc(C(F)(F)F)cc2)C3=O)CC1. The van der Waals surface area contributed by atoms with Crippen LogP contribution in [0.2, 0.25) is 5.02 Å². The molecule has 1 saturated heterocycles. The molecule has 8 heteroatoms. The minimum atomic E-state index is -4.37. The van der Waals surface area contributed by atoms with Gasteiger partial charge in [-0.15, -0.1) is 0 Å². The number of carbonyl (C=O) groups excluding carboxylic acids is 1. The Labute approximate surface area is 191 Å². The van der Waals surface area contributed by atoms with E-state index < -0.39 is 11.7 Å². The number of hydrogen-bond donors (Lipinski definition) is 0. The first-order valence-electron chi connectivity index (χ1n) is 10.9. The van der Waals surface area contributed by atoms with Gasteiger partial charge in [-0.25, -0.2) is 0 Å². The van der Waals surface area contributed by atoms with Gasteiger partial charge in [0.15, 0.2) is 0 Å². The van der Waals surface area contributed by atoms with Crippen molar-refractivity contribution < 1.29 is 18.0 Å². The van der Waals surface area contributed by atoms with E-state index in [9.17, 15) is 18.0 Å². The summed E-state index contributed by atoms with van der Waals surface area (Å²) in [5.74, 6) is -0.172. The van der Waals surface area contributed by atoms with E-state index in [0.29, 0.717) is 22.7 Å². The molecule has 1 fully saturated rings. The quantitative estimate of drug-likeness (QED) is 0.619. The van der Waals surface area contributed by atoms with E-state index in [4.69, 9.17) is 11.6 Å². The Balaban J connectivity index is 1.37. The molecule has 0 atom stereocenters. The fraction of sp³-hybridized carbons (Fsp3) is 0.458. The van der Waals surface area contributed by atoms with Crippen LogP contribution in [0.3, 0.4) is 0 Å². The summed E-state index contributed by atoms with van der Waals surface area (Å²) >= 11 is 6.46. The maximum Gasteiger partial charge on any atom is 0.416 e. The predicted molar refractivity (Wildman–Crippen MR) is 119 cm³/mol. The molecule has 4 rings (SSSR count). The molecule has 0 spiro atoms. The Kier molecular flexibility index (Phi) is 6.79. The van der Waals surface area contributed by atoms with Gasteiger partial charge >= 0.3 is 6.18 Å². The average molecular weight is 466 g/mol. The molecule has 32 heavy (non-hydrogen) atoms. The molecular weight excluding hydrogens is 439 g/mol. The van der Waals surface area contributed by atoms with Crippen molar-refractivity contribution in [3.05, 3.63) is 69.2 Å². The molecule has 0 aliphatic carbocycles. The van der Waals surface area contributed by atoms with Gasteiger partial charge in [-0.05, 0) is 61.3 Å². The van der Waals surface area contributed by atoms with Crippen molar-refractivity contribution in [1.82, 2.24) is 14.7 Å².